The van der Waals surface area contributed by atoms with Crippen molar-refractivity contribution in [3.8, 4) is 0 Å². The quantitative estimate of drug-likeness (QED) is 0.657. The summed E-state index contributed by atoms with van der Waals surface area (Å²) >= 11 is 0. The van der Waals surface area contributed by atoms with E-state index in [0.717, 1.165) is 6.42 Å². The van der Waals surface area contributed by atoms with Crippen molar-refractivity contribution >= 4 is 0 Å². The molecule has 1 aromatic carbocycles. The largest absolute Gasteiger partial charge is 0.184 e. The number of hydrogen-bond acceptors (Lipinski definition) is 0. The Balaban J connectivity index is 0.00000121. The molecule has 0 N–H and O–H groups in total. The van der Waals surface area contributed by atoms with E-state index in [2.05, 4.69) is 39.0 Å². The predicted molar refractivity (Wildman–Crippen MR) is 48.4 cm³/mol. The van der Waals surface area contributed by atoms with E-state index in [1.165, 1.54) is 5.56 Å². The summed E-state index contributed by atoms with van der Waals surface area (Å²) in [5.41, 5.74) is 1.76. The van der Waals surface area contributed by atoms with Gasteiger partial charge in [-0.25, -0.2) is 0 Å². The summed E-state index contributed by atoms with van der Waals surface area (Å²) in [6.45, 7) is 6.75. The van der Waals surface area contributed by atoms with Gasteiger partial charge >= 0.3 is 0 Å². The Morgan fingerprint density at radius 3 is 2.42 bits per heavy atom. The fourth-order valence-corrected chi connectivity index (χ4v) is 1.15. The summed E-state index contributed by atoms with van der Waals surface area (Å²) in [5.74, 6) is 0. The molecule has 1 radical (unpaired) electrons. The van der Waals surface area contributed by atoms with Crippen molar-refractivity contribution in [2.75, 3.05) is 0 Å². The summed E-state index contributed by atoms with van der Waals surface area (Å²) in [7, 11) is 0. The molecule has 0 aliphatic heterocycles. The first-order valence-electron chi connectivity index (χ1n) is 4.03. The molecule has 0 spiro atoms. The van der Waals surface area contributed by atoms with Gasteiger partial charge in [-0.3, -0.25) is 0 Å². The van der Waals surface area contributed by atoms with Crippen LogP contribution in [-0.2, 0) is 39.1 Å². The maximum absolute atomic E-state index is 3.08. The van der Waals surface area contributed by atoms with Gasteiger partial charge in [0.15, 0.2) is 0 Å². The van der Waals surface area contributed by atoms with Crippen LogP contribution in [0.25, 0.3) is 0 Å². The van der Waals surface area contributed by atoms with E-state index in [9.17, 15) is 0 Å². The van der Waals surface area contributed by atoms with Crippen molar-refractivity contribution in [1.82, 2.24) is 0 Å². The molecule has 1 aromatic rings. The molecule has 0 saturated heterocycles. The van der Waals surface area contributed by atoms with Gasteiger partial charge in [-0.1, -0.05) is 27.2 Å². The number of benzene rings is 1. The van der Waals surface area contributed by atoms with Crippen molar-refractivity contribution in [2.24, 2.45) is 5.41 Å². The van der Waals surface area contributed by atoms with Crippen LogP contribution in [0.3, 0.4) is 0 Å². The maximum atomic E-state index is 3.08. The molecule has 0 nitrogen and oxygen atoms in total. The summed E-state index contributed by atoms with van der Waals surface area (Å²) in [5, 5.41) is 0. The Bertz CT molecular complexity index is 208. The minimum Gasteiger partial charge on any atom is -0.184 e. The van der Waals surface area contributed by atoms with E-state index in [0.29, 0.717) is 5.41 Å². The molecule has 0 fully saturated rings. The molecule has 0 saturated carbocycles. The molecule has 0 aliphatic rings. The molecule has 0 amide bonds. The first-order valence-corrected chi connectivity index (χ1v) is 4.03. The second-order valence-corrected chi connectivity index (χ2v) is 4.15. The second-order valence-electron chi connectivity index (χ2n) is 4.15. The van der Waals surface area contributed by atoms with Crippen LogP contribution in [0.2, 0.25) is 0 Å². The molecule has 0 atom stereocenters. The number of hydrogen-bond donors (Lipinski definition) is 0. The van der Waals surface area contributed by atoms with Crippen LogP contribution in [-0.4, -0.2) is 0 Å². The van der Waals surface area contributed by atoms with Crippen molar-refractivity contribution in [3.63, 3.8) is 0 Å². The van der Waals surface area contributed by atoms with Crippen molar-refractivity contribution in [1.29, 1.82) is 0 Å². The molecule has 0 aliphatic carbocycles. The zero-order valence-corrected chi connectivity index (χ0v) is 10.9. The fourth-order valence-electron chi connectivity index (χ4n) is 1.15. The smallest absolute Gasteiger partial charge is 0 e. The van der Waals surface area contributed by atoms with Gasteiger partial charge in [0.2, 0.25) is 0 Å². The van der Waals surface area contributed by atoms with E-state index < -0.39 is 0 Å². The zero-order chi connectivity index (χ0) is 8.32. The summed E-state index contributed by atoms with van der Waals surface area (Å²) in [6.07, 6.45) is 1.13. The van der Waals surface area contributed by atoms with Gasteiger partial charge in [-0.05, 0) is 5.41 Å². The third-order valence-corrected chi connectivity index (χ3v) is 1.51. The van der Waals surface area contributed by atoms with E-state index in [-0.39, 0.29) is 32.7 Å². The third-order valence-electron chi connectivity index (χ3n) is 1.51. The zero-order valence-electron chi connectivity index (χ0n) is 8.09. The van der Waals surface area contributed by atoms with Gasteiger partial charge in [-0.15, -0.1) is 0 Å². The summed E-state index contributed by atoms with van der Waals surface area (Å²) in [6, 6.07) is 11.3. The average molecular weight is 236 g/mol. The van der Waals surface area contributed by atoms with Crippen molar-refractivity contribution < 1.29 is 32.7 Å². The van der Waals surface area contributed by atoms with Crippen LogP contribution in [0.15, 0.2) is 24.3 Å². The Morgan fingerprint density at radius 2 is 2.00 bits per heavy atom. The van der Waals surface area contributed by atoms with Crippen LogP contribution in [0, 0.1) is 11.5 Å². The first-order chi connectivity index (χ1) is 5.08. The Labute approximate surface area is 101 Å². The molecule has 1 rings (SSSR count). The topological polar surface area (TPSA) is 0 Å². The molecule has 0 heterocycles. The van der Waals surface area contributed by atoms with Crippen molar-refractivity contribution in [3.05, 3.63) is 35.9 Å². The van der Waals surface area contributed by atoms with Gasteiger partial charge in [0.1, 0.15) is 0 Å². The van der Waals surface area contributed by atoms with E-state index in [4.69, 9.17) is 0 Å². The monoisotopic (exact) mass is 236 g/mol. The predicted octanol–water partition coefficient (Wildman–Crippen LogP) is 3.07. The van der Waals surface area contributed by atoms with Crippen molar-refractivity contribution in [2.45, 2.75) is 27.2 Å². The van der Waals surface area contributed by atoms with Gasteiger partial charge < -0.3 is 0 Å². The molecule has 0 aromatic heterocycles. The molecule has 1 heteroatoms. The van der Waals surface area contributed by atoms with Gasteiger partial charge in [0.25, 0.3) is 0 Å². The SMILES string of the molecule is CC(C)(C)Cc1c[c-]ccc1.[Y]. The summed E-state index contributed by atoms with van der Waals surface area (Å²) in [4.78, 5) is 0. The minimum atomic E-state index is 0. The Hall–Kier alpha value is 0.324. The van der Waals surface area contributed by atoms with E-state index >= 15 is 0 Å². The minimum absolute atomic E-state index is 0. The first kappa shape index (κ1) is 12.3. The Kier molecular flexibility index (Phi) is 5.28. The molecule has 63 valence electrons. The average Bonchev–Trinajstić information content (AvgIpc) is 1.85. The normalized spacial score (nSPS) is 10.6. The van der Waals surface area contributed by atoms with Crippen LogP contribution in [0.1, 0.15) is 26.3 Å². The van der Waals surface area contributed by atoms with Crippen LogP contribution < -0.4 is 0 Å². The second kappa shape index (κ2) is 5.14. The Morgan fingerprint density at radius 1 is 1.33 bits per heavy atom. The molecular formula is C11H15Y-. The van der Waals surface area contributed by atoms with E-state index in [1.807, 2.05) is 12.1 Å². The molecule has 0 unspecified atom stereocenters. The molecular weight excluding hydrogens is 221 g/mol. The standard InChI is InChI=1S/C11H15.Y/c1-11(2,3)9-10-7-5-4-6-8-10;/h4-5,7-8H,9H2,1-3H3;/q-1;. The number of rotatable bonds is 1. The fraction of sp³-hybridized carbons (Fsp3) is 0.455. The van der Waals surface area contributed by atoms with Crippen LogP contribution in [0.5, 0.6) is 0 Å². The molecule has 12 heavy (non-hydrogen) atoms. The van der Waals surface area contributed by atoms with Crippen LogP contribution in [0.4, 0.5) is 0 Å². The van der Waals surface area contributed by atoms with Gasteiger partial charge in [0, 0.05) is 32.7 Å². The van der Waals surface area contributed by atoms with Crippen LogP contribution >= 0.6 is 0 Å². The van der Waals surface area contributed by atoms with E-state index in [1.54, 1.807) is 0 Å². The molecule has 0 bridgehead atoms. The summed E-state index contributed by atoms with van der Waals surface area (Å²) < 4.78 is 0. The van der Waals surface area contributed by atoms with Gasteiger partial charge in [-0.2, -0.15) is 35.9 Å². The maximum Gasteiger partial charge on any atom is 0 e. The third kappa shape index (κ3) is 5.06. The van der Waals surface area contributed by atoms with Gasteiger partial charge in [0.05, 0.1) is 0 Å².